The molecule has 0 spiro atoms. The summed E-state index contributed by atoms with van der Waals surface area (Å²) in [6, 6.07) is 10.3. The normalized spacial score (nSPS) is 20.6. The van der Waals surface area contributed by atoms with E-state index in [-0.39, 0.29) is 5.60 Å². The molecule has 0 unspecified atom stereocenters. The smallest absolute Gasteiger partial charge is 0.0717 e. The molecule has 104 valence electrons. The van der Waals surface area contributed by atoms with Gasteiger partial charge in [-0.05, 0) is 38.7 Å². The Labute approximate surface area is 116 Å². The lowest BCUT2D eigenvalue weighted by Gasteiger charge is -2.31. The van der Waals surface area contributed by atoms with Crippen LogP contribution in [0.25, 0.3) is 0 Å². The van der Waals surface area contributed by atoms with E-state index >= 15 is 0 Å². The molecule has 0 bridgehead atoms. The van der Waals surface area contributed by atoms with E-state index in [1.807, 2.05) is 18.2 Å². The van der Waals surface area contributed by atoms with Gasteiger partial charge in [0.1, 0.15) is 0 Å². The molecular weight excluding hydrogens is 236 g/mol. The zero-order valence-corrected chi connectivity index (χ0v) is 12.0. The summed E-state index contributed by atoms with van der Waals surface area (Å²) in [6.45, 7) is 6.67. The maximum Gasteiger partial charge on any atom is 0.0717 e. The standard InChI is InChI=1S/C17H24O2/c1-17(2)13-15(10-12-19-17)9-6-11-18-14-16-7-4-3-5-8-16/h3-5,7-9H,6,10-14H2,1-2H3/b15-9-. The lowest BCUT2D eigenvalue weighted by molar-refractivity contribution is -0.0334. The van der Waals surface area contributed by atoms with Crippen molar-refractivity contribution in [2.75, 3.05) is 13.2 Å². The highest BCUT2D eigenvalue weighted by atomic mass is 16.5. The number of hydrogen-bond acceptors (Lipinski definition) is 2. The highest BCUT2D eigenvalue weighted by molar-refractivity contribution is 5.13. The van der Waals surface area contributed by atoms with Crippen molar-refractivity contribution < 1.29 is 9.47 Å². The van der Waals surface area contributed by atoms with Crippen LogP contribution < -0.4 is 0 Å². The zero-order valence-electron chi connectivity index (χ0n) is 12.0. The van der Waals surface area contributed by atoms with Crippen LogP contribution in [0.2, 0.25) is 0 Å². The molecule has 2 heteroatoms. The summed E-state index contributed by atoms with van der Waals surface area (Å²) in [7, 11) is 0. The molecule has 0 N–H and O–H groups in total. The van der Waals surface area contributed by atoms with Gasteiger partial charge in [-0.3, -0.25) is 0 Å². The van der Waals surface area contributed by atoms with Crippen LogP contribution >= 0.6 is 0 Å². The third-order valence-corrected chi connectivity index (χ3v) is 3.38. The van der Waals surface area contributed by atoms with Gasteiger partial charge in [0.05, 0.1) is 25.4 Å². The second-order valence-corrected chi connectivity index (χ2v) is 5.72. The van der Waals surface area contributed by atoms with E-state index in [0.717, 1.165) is 32.5 Å². The first-order chi connectivity index (χ1) is 9.16. The number of benzene rings is 1. The van der Waals surface area contributed by atoms with E-state index in [1.165, 1.54) is 11.1 Å². The first kappa shape index (κ1) is 14.3. The lowest BCUT2D eigenvalue weighted by Crippen LogP contribution is -2.30. The lowest BCUT2D eigenvalue weighted by atomic mass is 9.93. The molecular formula is C17H24O2. The Bertz CT molecular complexity index is 407. The van der Waals surface area contributed by atoms with Crippen LogP contribution in [0, 0.1) is 0 Å². The largest absolute Gasteiger partial charge is 0.376 e. The van der Waals surface area contributed by atoms with Gasteiger partial charge < -0.3 is 9.47 Å². The van der Waals surface area contributed by atoms with Crippen molar-refractivity contribution in [2.45, 2.75) is 45.3 Å². The van der Waals surface area contributed by atoms with Crippen LogP contribution in [0.5, 0.6) is 0 Å². The molecule has 1 saturated heterocycles. The number of ether oxygens (including phenoxy) is 2. The van der Waals surface area contributed by atoms with Gasteiger partial charge in [0, 0.05) is 0 Å². The van der Waals surface area contributed by atoms with Gasteiger partial charge in [-0.1, -0.05) is 42.0 Å². The summed E-state index contributed by atoms with van der Waals surface area (Å²) in [5, 5.41) is 0. The number of hydrogen-bond donors (Lipinski definition) is 0. The Morgan fingerprint density at radius 3 is 2.79 bits per heavy atom. The first-order valence-corrected chi connectivity index (χ1v) is 7.09. The summed E-state index contributed by atoms with van der Waals surface area (Å²) in [5.74, 6) is 0. The fourth-order valence-electron chi connectivity index (χ4n) is 2.43. The summed E-state index contributed by atoms with van der Waals surface area (Å²) in [4.78, 5) is 0. The van der Waals surface area contributed by atoms with Crippen molar-refractivity contribution in [3.8, 4) is 0 Å². The highest BCUT2D eigenvalue weighted by Gasteiger charge is 2.24. The molecule has 0 radical (unpaired) electrons. The molecule has 0 aromatic heterocycles. The predicted octanol–water partition coefficient (Wildman–Crippen LogP) is 4.11. The monoisotopic (exact) mass is 260 g/mol. The maximum absolute atomic E-state index is 5.71. The summed E-state index contributed by atoms with van der Waals surface area (Å²) >= 11 is 0. The SMILES string of the molecule is CC1(C)C/C(=C\CCOCc2ccccc2)CCO1. The van der Waals surface area contributed by atoms with Gasteiger partial charge in [-0.15, -0.1) is 0 Å². The number of rotatable bonds is 5. The van der Waals surface area contributed by atoms with Crippen LogP contribution in [0.1, 0.15) is 38.7 Å². The molecule has 0 saturated carbocycles. The van der Waals surface area contributed by atoms with E-state index < -0.39 is 0 Å². The van der Waals surface area contributed by atoms with Crippen LogP contribution in [0.4, 0.5) is 0 Å². The quantitative estimate of drug-likeness (QED) is 0.586. The van der Waals surface area contributed by atoms with Gasteiger partial charge in [0.2, 0.25) is 0 Å². The van der Waals surface area contributed by atoms with E-state index in [0.29, 0.717) is 6.61 Å². The van der Waals surface area contributed by atoms with Gasteiger partial charge in [0.15, 0.2) is 0 Å². The van der Waals surface area contributed by atoms with Crippen LogP contribution in [-0.4, -0.2) is 18.8 Å². The average Bonchev–Trinajstić information content (AvgIpc) is 2.38. The second kappa shape index (κ2) is 6.88. The van der Waals surface area contributed by atoms with Crippen molar-refractivity contribution in [3.63, 3.8) is 0 Å². The Morgan fingerprint density at radius 1 is 1.26 bits per heavy atom. The third-order valence-electron chi connectivity index (χ3n) is 3.38. The Balaban J connectivity index is 1.66. The van der Waals surface area contributed by atoms with Crippen molar-refractivity contribution >= 4 is 0 Å². The minimum Gasteiger partial charge on any atom is -0.376 e. The predicted molar refractivity (Wildman–Crippen MR) is 78.1 cm³/mol. The Kier molecular flexibility index (Phi) is 5.17. The van der Waals surface area contributed by atoms with E-state index in [4.69, 9.17) is 9.47 Å². The molecule has 0 aliphatic carbocycles. The molecule has 1 aromatic rings. The molecule has 1 aromatic carbocycles. The molecule has 1 fully saturated rings. The molecule has 19 heavy (non-hydrogen) atoms. The van der Waals surface area contributed by atoms with E-state index in [9.17, 15) is 0 Å². The minimum atomic E-state index is 0.00891. The maximum atomic E-state index is 5.71. The highest BCUT2D eigenvalue weighted by Crippen LogP contribution is 2.28. The van der Waals surface area contributed by atoms with Crippen LogP contribution in [0.15, 0.2) is 42.0 Å². The molecule has 0 amide bonds. The van der Waals surface area contributed by atoms with Crippen molar-refractivity contribution in [2.24, 2.45) is 0 Å². The van der Waals surface area contributed by atoms with Gasteiger partial charge in [0.25, 0.3) is 0 Å². The van der Waals surface area contributed by atoms with Crippen molar-refractivity contribution in [1.82, 2.24) is 0 Å². The molecule has 1 heterocycles. The van der Waals surface area contributed by atoms with Crippen molar-refractivity contribution in [1.29, 1.82) is 0 Å². The second-order valence-electron chi connectivity index (χ2n) is 5.72. The summed E-state index contributed by atoms with van der Waals surface area (Å²) in [6.07, 6.45) is 5.45. The van der Waals surface area contributed by atoms with E-state index in [1.54, 1.807) is 0 Å². The third kappa shape index (κ3) is 5.17. The summed E-state index contributed by atoms with van der Waals surface area (Å²) in [5.41, 5.74) is 2.76. The zero-order chi connectivity index (χ0) is 13.6. The van der Waals surface area contributed by atoms with Crippen molar-refractivity contribution in [3.05, 3.63) is 47.5 Å². The average molecular weight is 260 g/mol. The molecule has 2 rings (SSSR count). The van der Waals surface area contributed by atoms with E-state index in [2.05, 4.69) is 32.1 Å². The molecule has 1 aliphatic rings. The van der Waals surface area contributed by atoms with Gasteiger partial charge in [-0.2, -0.15) is 0 Å². The topological polar surface area (TPSA) is 18.5 Å². The first-order valence-electron chi connectivity index (χ1n) is 7.09. The fraction of sp³-hybridized carbons (Fsp3) is 0.529. The Hall–Kier alpha value is -1.12. The molecule has 0 atom stereocenters. The minimum absolute atomic E-state index is 0.00891. The van der Waals surface area contributed by atoms with Gasteiger partial charge in [-0.25, -0.2) is 0 Å². The molecule has 2 nitrogen and oxygen atoms in total. The Morgan fingerprint density at radius 2 is 2.05 bits per heavy atom. The van der Waals surface area contributed by atoms with Gasteiger partial charge >= 0.3 is 0 Å². The van der Waals surface area contributed by atoms with Crippen LogP contribution in [0.3, 0.4) is 0 Å². The molecule has 1 aliphatic heterocycles. The fourth-order valence-corrected chi connectivity index (χ4v) is 2.43. The summed E-state index contributed by atoms with van der Waals surface area (Å²) < 4.78 is 11.4. The van der Waals surface area contributed by atoms with Crippen LogP contribution in [-0.2, 0) is 16.1 Å².